The molecule has 0 heterocycles. The number of hydrogen-bond acceptors (Lipinski definition) is 1. The maximum Gasteiger partial charge on any atom is 0.223 e. The molecule has 1 unspecified atom stereocenters. The molecule has 1 fully saturated rings. The fourth-order valence-corrected chi connectivity index (χ4v) is 2.07. The lowest BCUT2D eigenvalue weighted by Gasteiger charge is -2.21. The van der Waals surface area contributed by atoms with Gasteiger partial charge in [0.25, 0.3) is 0 Å². The van der Waals surface area contributed by atoms with Crippen LogP contribution in [-0.2, 0) is 4.79 Å². The molecule has 0 aromatic rings. The third-order valence-electron chi connectivity index (χ3n) is 2.86. The van der Waals surface area contributed by atoms with Crippen LogP contribution < -0.4 is 5.32 Å². The number of halogens is 1. The lowest BCUT2D eigenvalue weighted by atomic mass is 9.88. The van der Waals surface area contributed by atoms with E-state index in [9.17, 15) is 4.79 Å². The molecule has 0 aromatic carbocycles. The van der Waals surface area contributed by atoms with Crippen molar-refractivity contribution in [2.75, 3.05) is 11.9 Å². The Morgan fingerprint density at radius 1 is 1.43 bits per heavy atom. The summed E-state index contributed by atoms with van der Waals surface area (Å²) in [5.74, 6) is 1.10. The SMILES string of the molecule is CC(CBr)CNC(=O)C1CCCCC1. The lowest BCUT2D eigenvalue weighted by Crippen LogP contribution is -2.35. The van der Waals surface area contributed by atoms with Crippen molar-refractivity contribution in [2.24, 2.45) is 11.8 Å². The molecule has 0 saturated heterocycles. The maximum atomic E-state index is 11.7. The van der Waals surface area contributed by atoms with Gasteiger partial charge in [0.15, 0.2) is 0 Å². The Kier molecular flexibility index (Phi) is 5.53. The van der Waals surface area contributed by atoms with Crippen molar-refractivity contribution in [1.82, 2.24) is 5.32 Å². The van der Waals surface area contributed by atoms with Gasteiger partial charge < -0.3 is 5.32 Å². The van der Waals surface area contributed by atoms with Crippen LogP contribution in [0.3, 0.4) is 0 Å². The Labute approximate surface area is 95.0 Å². The number of carbonyl (C=O) groups is 1. The molecular formula is C11H20BrNO. The minimum absolute atomic E-state index is 0.275. The molecule has 0 spiro atoms. The average molecular weight is 262 g/mol. The van der Waals surface area contributed by atoms with E-state index in [1.165, 1.54) is 19.3 Å². The van der Waals surface area contributed by atoms with Crippen LogP contribution in [0, 0.1) is 11.8 Å². The van der Waals surface area contributed by atoms with E-state index in [-0.39, 0.29) is 5.91 Å². The monoisotopic (exact) mass is 261 g/mol. The molecular weight excluding hydrogens is 242 g/mol. The highest BCUT2D eigenvalue weighted by molar-refractivity contribution is 9.09. The Morgan fingerprint density at radius 3 is 2.64 bits per heavy atom. The predicted molar refractivity (Wildman–Crippen MR) is 62.5 cm³/mol. The van der Waals surface area contributed by atoms with Crippen molar-refractivity contribution in [2.45, 2.75) is 39.0 Å². The van der Waals surface area contributed by atoms with Gasteiger partial charge >= 0.3 is 0 Å². The third-order valence-corrected chi connectivity index (χ3v) is 3.97. The molecule has 3 heteroatoms. The zero-order valence-electron chi connectivity index (χ0n) is 8.89. The van der Waals surface area contributed by atoms with Crippen LogP contribution in [0.5, 0.6) is 0 Å². The molecule has 1 N–H and O–H groups in total. The molecule has 2 nitrogen and oxygen atoms in total. The van der Waals surface area contributed by atoms with E-state index in [2.05, 4.69) is 28.2 Å². The van der Waals surface area contributed by atoms with E-state index in [1.807, 2.05) is 0 Å². The van der Waals surface area contributed by atoms with Crippen molar-refractivity contribution >= 4 is 21.8 Å². The van der Waals surface area contributed by atoms with Crippen molar-refractivity contribution in [3.63, 3.8) is 0 Å². The second-order valence-corrected chi connectivity index (χ2v) is 4.99. The van der Waals surface area contributed by atoms with Gasteiger partial charge in [-0.2, -0.15) is 0 Å². The van der Waals surface area contributed by atoms with Gasteiger partial charge in [0.05, 0.1) is 0 Å². The fourth-order valence-electron chi connectivity index (χ4n) is 1.84. The molecule has 1 aliphatic carbocycles. The smallest absolute Gasteiger partial charge is 0.223 e. The summed E-state index contributed by atoms with van der Waals surface area (Å²) >= 11 is 3.41. The molecule has 1 aliphatic rings. The second-order valence-electron chi connectivity index (χ2n) is 4.34. The summed E-state index contributed by atoms with van der Waals surface area (Å²) in [5.41, 5.74) is 0. The van der Waals surface area contributed by atoms with Crippen LogP contribution in [0.4, 0.5) is 0 Å². The zero-order valence-corrected chi connectivity index (χ0v) is 10.5. The molecule has 14 heavy (non-hydrogen) atoms. The largest absolute Gasteiger partial charge is 0.356 e. The fraction of sp³-hybridized carbons (Fsp3) is 0.909. The van der Waals surface area contributed by atoms with E-state index in [1.54, 1.807) is 0 Å². The zero-order chi connectivity index (χ0) is 10.4. The number of nitrogens with one attached hydrogen (secondary N) is 1. The summed E-state index contributed by atoms with van der Waals surface area (Å²) in [5, 5.41) is 3.99. The first-order chi connectivity index (χ1) is 6.74. The number of alkyl halides is 1. The van der Waals surface area contributed by atoms with Gasteiger partial charge in [-0.15, -0.1) is 0 Å². The Hall–Kier alpha value is -0.0500. The van der Waals surface area contributed by atoms with Crippen LogP contribution in [0.2, 0.25) is 0 Å². The molecule has 1 amide bonds. The average Bonchev–Trinajstić information content (AvgIpc) is 2.26. The Balaban J connectivity index is 2.19. The summed E-state index contributed by atoms with van der Waals surface area (Å²) in [6, 6.07) is 0. The summed E-state index contributed by atoms with van der Waals surface area (Å²) in [7, 11) is 0. The van der Waals surface area contributed by atoms with Crippen LogP contribution >= 0.6 is 15.9 Å². The van der Waals surface area contributed by atoms with Crippen molar-refractivity contribution in [3.05, 3.63) is 0 Å². The quantitative estimate of drug-likeness (QED) is 0.775. The standard InChI is InChI=1S/C11H20BrNO/c1-9(7-12)8-13-11(14)10-5-3-2-4-6-10/h9-10H,2-8H2,1H3,(H,13,14). The summed E-state index contributed by atoms with van der Waals surface area (Å²) in [6.45, 7) is 2.94. The molecule has 82 valence electrons. The van der Waals surface area contributed by atoms with Gasteiger partial charge in [0.1, 0.15) is 0 Å². The number of hydrogen-bond donors (Lipinski definition) is 1. The highest BCUT2D eigenvalue weighted by atomic mass is 79.9. The third kappa shape index (κ3) is 3.99. The number of rotatable bonds is 4. The van der Waals surface area contributed by atoms with E-state index in [0.29, 0.717) is 11.8 Å². The Bertz CT molecular complexity index is 178. The molecule has 1 atom stereocenters. The second kappa shape index (κ2) is 6.44. The van der Waals surface area contributed by atoms with Crippen LogP contribution in [0.15, 0.2) is 0 Å². The van der Waals surface area contributed by atoms with E-state index < -0.39 is 0 Å². The van der Waals surface area contributed by atoms with Crippen LogP contribution in [0.25, 0.3) is 0 Å². The first-order valence-corrected chi connectivity index (χ1v) is 6.70. The first kappa shape index (κ1) is 12.0. The van der Waals surface area contributed by atoms with Gasteiger partial charge in [-0.1, -0.05) is 42.1 Å². The van der Waals surface area contributed by atoms with Gasteiger partial charge in [0, 0.05) is 17.8 Å². The van der Waals surface area contributed by atoms with Gasteiger partial charge in [-0.25, -0.2) is 0 Å². The summed E-state index contributed by atoms with van der Waals surface area (Å²) in [6.07, 6.45) is 5.95. The molecule has 0 aliphatic heterocycles. The van der Waals surface area contributed by atoms with Gasteiger partial charge in [-0.3, -0.25) is 4.79 Å². The van der Waals surface area contributed by atoms with Crippen molar-refractivity contribution in [3.8, 4) is 0 Å². The minimum atomic E-state index is 0.275. The summed E-state index contributed by atoms with van der Waals surface area (Å²) in [4.78, 5) is 11.7. The van der Waals surface area contributed by atoms with Crippen LogP contribution in [-0.4, -0.2) is 17.8 Å². The normalized spacial score (nSPS) is 20.4. The predicted octanol–water partition coefficient (Wildman–Crippen LogP) is 2.71. The first-order valence-electron chi connectivity index (χ1n) is 5.57. The topological polar surface area (TPSA) is 29.1 Å². The lowest BCUT2D eigenvalue weighted by molar-refractivity contribution is -0.126. The van der Waals surface area contributed by atoms with E-state index >= 15 is 0 Å². The van der Waals surface area contributed by atoms with E-state index in [4.69, 9.17) is 0 Å². The molecule has 1 rings (SSSR count). The van der Waals surface area contributed by atoms with Gasteiger partial charge in [0.2, 0.25) is 5.91 Å². The van der Waals surface area contributed by atoms with Crippen LogP contribution in [0.1, 0.15) is 39.0 Å². The summed E-state index contributed by atoms with van der Waals surface area (Å²) < 4.78 is 0. The number of amides is 1. The highest BCUT2D eigenvalue weighted by Crippen LogP contribution is 2.23. The molecule has 0 bridgehead atoms. The Morgan fingerprint density at radius 2 is 2.07 bits per heavy atom. The molecule has 1 saturated carbocycles. The van der Waals surface area contributed by atoms with Crippen molar-refractivity contribution < 1.29 is 4.79 Å². The van der Waals surface area contributed by atoms with E-state index in [0.717, 1.165) is 24.7 Å². The van der Waals surface area contributed by atoms with Gasteiger partial charge in [-0.05, 0) is 18.8 Å². The minimum Gasteiger partial charge on any atom is -0.356 e. The highest BCUT2D eigenvalue weighted by Gasteiger charge is 2.20. The van der Waals surface area contributed by atoms with Crippen molar-refractivity contribution in [1.29, 1.82) is 0 Å². The number of carbonyl (C=O) groups excluding carboxylic acids is 1. The molecule has 0 radical (unpaired) electrons. The molecule has 0 aromatic heterocycles. The maximum absolute atomic E-state index is 11.7.